The van der Waals surface area contributed by atoms with Crippen LogP contribution in [0.15, 0.2) is 36.4 Å². The van der Waals surface area contributed by atoms with E-state index in [0.717, 1.165) is 22.8 Å². The number of likely N-dealkylation sites (tertiary alicyclic amines) is 1. The van der Waals surface area contributed by atoms with Crippen LogP contribution in [0.25, 0.3) is 11.4 Å². The van der Waals surface area contributed by atoms with Crippen molar-refractivity contribution in [3.8, 4) is 11.4 Å². The number of H-pyrrole nitrogens is 1. The molecule has 4 rings (SSSR count). The topological polar surface area (TPSA) is 109 Å². The summed E-state index contributed by atoms with van der Waals surface area (Å²) in [7, 11) is -1.37. The molecule has 0 radical (unpaired) electrons. The van der Waals surface area contributed by atoms with Crippen LogP contribution in [-0.4, -0.2) is 57.1 Å². The van der Waals surface area contributed by atoms with Crippen molar-refractivity contribution in [2.75, 3.05) is 12.8 Å². The van der Waals surface area contributed by atoms with Gasteiger partial charge in [-0.1, -0.05) is 30.3 Å². The van der Waals surface area contributed by atoms with Crippen molar-refractivity contribution in [1.82, 2.24) is 34.6 Å². The highest BCUT2D eigenvalue weighted by atomic mass is 32.2. The van der Waals surface area contributed by atoms with Gasteiger partial charge in [-0.3, -0.25) is 14.7 Å². The molecule has 1 saturated heterocycles. The van der Waals surface area contributed by atoms with E-state index in [2.05, 4.69) is 24.9 Å². The molecular weight excluding hydrogens is 390 g/mol. The van der Waals surface area contributed by atoms with Gasteiger partial charge in [0.2, 0.25) is 10.0 Å². The molecule has 0 bridgehead atoms. The molecular formula is C19H25N7O2S. The Morgan fingerprint density at radius 1 is 1.28 bits per heavy atom. The molecule has 0 unspecified atom stereocenters. The summed E-state index contributed by atoms with van der Waals surface area (Å²) in [5.74, 6) is 1.37. The molecule has 29 heavy (non-hydrogen) atoms. The molecule has 3 aromatic rings. The van der Waals surface area contributed by atoms with Gasteiger partial charge in [-0.05, 0) is 19.4 Å². The van der Waals surface area contributed by atoms with Crippen molar-refractivity contribution in [3.05, 3.63) is 53.6 Å². The average Bonchev–Trinajstić information content (AvgIpc) is 3.34. The Balaban J connectivity index is 1.61. The number of nitrogens with zero attached hydrogens (tertiary/aromatic N) is 5. The maximum absolute atomic E-state index is 11.8. The predicted octanol–water partition coefficient (Wildman–Crippen LogP) is 1.38. The van der Waals surface area contributed by atoms with Gasteiger partial charge in [-0.15, -0.1) is 0 Å². The maximum Gasteiger partial charge on any atom is 0.208 e. The number of aromatic nitrogens is 5. The Bertz CT molecular complexity index is 1090. The molecule has 3 heterocycles. The van der Waals surface area contributed by atoms with Crippen LogP contribution in [0.2, 0.25) is 0 Å². The van der Waals surface area contributed by atoms with E-state index in [1.54, 1.807) is 0 Å². The second-order valence-corrected chi connectivity index (χ2v) is 9.36. The highest BCUT2D eigenvalue weighted by molar-refractivity contribution is 7.88. The Morgan fingerprint density at radius 2 is 2.03 bits per heavy atom. The molecule has 154 valence electrons. The van der Waals surface area contributed by atoms with E-state index in [9.17, 15) is 8.42 Å². The molecule has 2 atom stereocenters. The fourth-order valence-corrected chi connectivity index (χ4v) is 4.69. The Hall–Kier alpha value is -2.56. The van der Waals surface area contributed by atoms with Crippen molar-refractivity contribution in [1.29, 1.82) is 0 Å². The second-order valence-electron chi connectivity index (χ2n) is 7.58. The summed E-state index contributed by atoms with van der Waals surface area (Å²) in [5.41, 5.74) is 2.96. The maximum atomic E-state index is 11.8. The van der Waals surface area contributed by atoms with Gasteiger partial charge < -0.3 is 0 Å². The zero-order valence-electron chi connectivity index (χ0n) is 16.7. The SMILES string of the molecule is Cc1cc(CN2C[C@@H](NS(C)(=O)=O)C[C@H]2c2nc(-c3ccccc3)n[nH]2)n(C)n1. The van der Waals surface area contributed by atoms with Gasteiger partial charge in [0.25, 0.3) is 0 Å². The zero-order chi connectivity index (χ0) is 20.6. The molecule has 10 heteroatoms. The normalized spacial score (nSPS) is 20.4. The van der Waals surface area contributed by atoms with Gasteiger partial charge >= 0.3 is 0 Å². The lowest BCUT2D eigenvalue weighted by Gasteiger charge is -2.22. The third-order valence-electron chi connectivity index (χ3n) is 5.10. The third kappa shape index (κ3) is 4.55. The van der Waals surface area contributed by atoms with Crippen molar-refractivity contribution in [2.24, 2.45) is 7.05 Å². The van der Waals surface area contributed by atoms with Crippen molar-refractivity contribution in [2.45, 2.75) is 32.0 Å². The molecule has 1 aliphatic heterocycles. The number of nitrogens with one attached hydrogen (secondary N) is 2. The summed E-state index contributed by atoms with van der Waals surface area (Å²) in [6.07, 6.45) is 1.81. The summed E-state index contributed by atoms with van der Waals surface area (Å²) >= 11 is 0. The van der Waals surface area contributed by atoms with Crippen LogP contribution < -0.4 is 4.72 Å². The van der Waals surface area contributed by atoms with Gasteiger partial charge in [0.1, 0.15) is 5.82 Å². The first-order valence-corrected chi connectivity index (χ1v) is 11.4. The quantitative estimate of drug-likeness (QED) is 0.630. The minimum Gasteiger partial charge on any atom is -0.286 e. The number of sulfonamides is 1. The van der Waals surface area contributed by atoms with Gasteiger partial charge in [0, 0.05) is 31.7 Å². The van der Waals surface area contributed by atoms with E-state index in [1.165, 1.54) is 6.26 Å². The number of hydrogen-bond acceptors (Lipinski definition) is 6. The molecule has 0 spiro atoms. The third-order valence-corrected chi connectivity index (χ3v) is 5.86. The molecule has 0 amide bonds. The number of benzene rings is 1. The standard InChI is InChI=1S/C19H25N7O2S/c1-13-9-16(25(2)23-13)12-26-11-15(24-29(3,27)28)10-17(26)19-20-18(21-22-19)14-7-5-4-6-8-14/h4-9,15,17,24H,10-12H2,1-3H3,(H,20,21,22)/t15-,17-/m0/s1. The largest absolute Gasteiger partial charge is 0.286 e. The molecule has 1 aromatic carbocycles. The number of aromatic amines is 1. The van der Waals surface area contributed by atoms with Crippen LogP contribution in [0.5, 0.6) is 0 Å². The van der Waals surface area contributed by atoms with Crippen LogP contribution in [0.4, 0.5) is 0 Å². The highest BCUT2D eigenvalue weighted by Gasteiger charge is 2.37. The average molecular weight is 416 g/mol. The fourth-order valence-electron chi connectivity index (χ4n) is 3.91. The first-order chi connectivity index (χ1) is 13.8. The van der Waals surface area contributed by atoms with Crippen molar-refractivity contribution in [3.63, 3.8) is 0 Å². The van der Waals surface area contributed by atoms with Crippen LogP contribution in [-0.2, 0) is 23.6 Å². The van der Waals surface area contributed by atoms with E-state index in [-0.39, 0.29) is 12.1 Å². The van der Waals surface area contributed by atoms with Crippen LogP contribution >= 0.6 is 0 Å². The molecule has 0 aliphatic carbocycles. The predicted molar refractivity (Wildman–Crippen MR) is 109 cm³/mol. The Morgan fingerprint density at radius 3 is 2.69 bits per heavy atom. The Labute approximate surface area is 170 Å². The monoisotopic (exact) mass is 415 g/mol. The Kier molecular flexibility index (Phi) is 5.24. The lowest BCUT2D eigenvalue weighted by molar-refractivity contribution is 0.232. The van der Waals surface area contributed by atoms with E-state index in [0.29, 0.717) is 25.3 Å². The van der Waals surface area contributed by atoms with Crippen LogP contribution in [0, 0.1) is 6.92 Å². The number of aryl methyl sites for hydroxylation is 2. The van der Waals surface area contributed by atoms with Gasteiger partial charge in [0.15, 0.2) is 5.82 Å². The minimum absolute atomic E-state index is 0.0746. The molecule has 2 aromatic heterocycles. The molecule has 1 aliphatic rings. The first-order valence-electron chi connectivity index (χ1n) is 9.47. The van der Waals surface area contributed by atoms with Crippen molar-refractivity contribution >= 4 is 10.0 Å². The van der Waals surface area contributed by atoms with E-state index < -0.39 is 10.0 Å². The first kappa shape index (κ1) is 19.7. The zero-order valence-corrected chi connectivity index (χ0v) is 17.5. The second kappa shape index (κ2) is 7.69. The van der Waals surface area contributed by atoms with Gasteiger partial charge in [-0.25, -0.2) is 18.1 Å². The smallest absolute Gasteiger partial charge is 0.208 e. The number of hydrogen-bond donors (Lipinski definition) is 2. The van der Waals surface area contributed by atoms with Crippen molar-refractivity contribution < 1.29 is 8.42 Å². The lowest BCUT2D eigenvalue weighted by atomic mass is 10.1. The molecule has 2 N–H and O–H groups in total. The molecule has 1 fully saturated rings. The summed E-state index contributed by atoms with van der Waals surface area (Å²) in [4.78, 5) is 6.92. The van der Waals surface area contributed by atoms with Gasteiger partial charge in [-0.2, -0.15) is 10.2 Å². The van der Waals surface area contributed by atoms with E-state index in [4.69, 9.17) is 4.98 Å². The highest BCUT2D eigenvalue weighted by Crippen LogP contribution is 2.32. The van der Waals surface area contributed by atoms with E-state index in [1.807, 2.05) is 55.1 Å². The molecule has 9 nitrogen and oxygen atoms in total. The number of rotatable bonds is 6. The minimum atomic E-state index is -3.29. The van der Waals surface area contributed by atoms with Crippen LogP contribution in [0.1, 0.15) is 29.7 Å². The summed E-state index contributed by atoms with van der Waals surface area (Å²) in [6.45, 7) is 3.19. The summed E-state index contributed by atoms with van der Waals surface area (Å²) in [5, 5.41) is 11.9. The van der Waals surface area contributed by atoms with Crippen LogP contribution in [0.3, 0.4) is 0 Å². The molecule has 0 saturated carbocycles. The van der Waals surface area contributed by atoms with E-state index >= 15 is 0 Å². The summed E-state index contributed by atoms with van der Waals surface area (Å²) < 4.78 is 28.1. The van der Waals surface area contributed by atoms with Gasteiger partial charge in [0.05, 0.1) is 23.7 Å². The fraction of sp³-hybridized carbons (Fsp3) is 0.421. The lowest BCUT2D eigenvalue weighted by Crippen LogP contribution is -2.36. The summed E-state index contributed by atoms with van der Waals surface area (Å²) in [6, 6.07) is 11.6.